The Bertz CT molecular complexity index is 4240. The molecule has 0 aliphatic rings. The smallest absolute Gasteiger partial charge is 0.231 e. The van der Waals surface area contributed by atoms with Crippen molar-refractivity contribution < 1.29 is 65.9 Å². The van der Waals surface area contributed by atoms with Gasteiger partial charge in [0.2, 0.25) is 5.16 Å². The Hall–Kier alpha value is -2.68. The Morgan fingerprint density at radius 3 is 1.30 bits per heavy atom. The second-order valence-corrected chi connectivity index (χ2v) is 20.5. The van der Waals surface area contributed by atoms with Crippen molar-refractivity contribution in [3.05, 3.63) is 177 Å². The summed E-state index contributed by atoms with van der Waals surface area (Å²) in [6, 6.07) is 21.2. The van der Waals surface area contributed by atoms with Gasteiger partial charge in [0.1, 0.15) is 5.65 Å². The van der Waals surface area contributed by atoms with E-state index in [-0.39, 0.29) is 60.8 Å². The second-order valence-electron chi connectivity index (χ2n) is 14.7. The molecule has 25 nitrogen and oxygen atoms in total. The summed E-state index contributed by atoms with van der Waals surface area (Å²) in [5, 5.41) is 1.29. The van der Waals surface area contributed by atoms with Gasteiger partial charge in [-0.3, -0.25) is 56.5 Å². The van der Waals surface area contributed by atoms with Crippen molar-refractivity contribution in [2.24, 2.45) is 21.1 Å². The Kier molecular flexibility index (Phi) is 30.8. The maximum Gasteiger partial charge on any atom is -0.231 e. The van der Waals surface area contributed by atoms with E-state index in [0.29, 0.717) is 65.6 Å². The number of aryl methyl sites for hydroxylation is 3. The molecule has 9 aromatic rings. The van der Waals surface area contributed by atoms with Crippen LogP contribution < -0.4 is 68.0 Å². The Labute approximate surface area is 541 Å². The van der Waals surface area contributed by atoms with Gasteiger partial charge in [-0.2, -0.15) is 26.9 Å². The second kappa shape index (κ2) is 33.6. The molecule has 6 N–H and O–H groups in total. The number of rotatable bonds is 7. The zero-order chi connectivity index (χ0) is 59.1. The molecule has 0 fully saturated rings. The first-order chi connectivity index (χ1) is 36.5. The van der Waals surface area contributed by atoms with Crippen molar-refractivity contribution in [2.75, 3.05) is 7.15 Å². The molecule has 6 heterocycles. The van der Waals surface area contributed by atoms with Gasteiger partial charge in [-0.15, -0.1) is 0 Å². The van der Waals surface area contributed by atoms with Gasteiger partial charge >= 0.3 is 101 Å². The summed E-state index contributed by atoms with van der Waals surface area (Å²) in [6.07, 6.45) is 0. The van der Waals surface area contributed by atoms with E-state index in [1.54, 1.807) is 71.8 Å². The van der Waals surface area contributed by atoms with E-state index in [0.717, 1.165) is 20.3 Å². The molecule has 6 aromatic heterocycles. The Morgan fingerprint density at radius 1 is 0.633 bits per heavy atom. The topological polar surface area (TPSA) is 353 Å². The maximum atomic E-state index is 12.2. The van der Waals surface area contributed by atoms with Crippen LogP contribution in [-0.4, -0.2) is 134 Å². The first-order valence-electron chi connectivity index (χ1n) is 21.6. The van der Waals surface area contributed by atoms with Crippen LogP contribution in [0.2, 0.25) is 15.1 Å². The van der Waals surface area contributed by atoms with Crippen molar-refractivity contribution in [1.82, 2.24) is 57.3 Å². The van der Waals surface area contributed by atoms with Crippen molar-refractivity contribution in [2.45, 2.75) is 24.8 Å². The summed E-state index contributed by atoms with van der Waals surface area (Å²) in [7, 11) is 0.0286. The molecule has 39 heteroatoms. The van der Waals surface area contributed by atoms with Gasteiger partial charge in [0, 0.05) is 46.9 Å². The number of fused-ring (bicyclic) bond motifs is 3. The maximum absolute atomic E-state index is 12.2. The van der Waals surface area contributed by atoms with Gasteiger partial charge in [0.05, 0.1) is 28.2 Å². The molecule has 0 radical (unpaired) electrons. The summed E-state index contributed by atoms with van der Waals surface area (Å²) < 4.78 is 87.5. The fourth-order valence-corrected chi connectivity index (χ4v) is 8.71. The van der Waals surface area contributed by atoms with Crippen molar-refractivity contribution in [3.63, 3.8) is 0 Å². The molecule has 0 amide bonds. The molecule has 412 valence electrons. The van der Waals surface area contributed by atoms with Gasteiger partial charge in [-0.1, -0.05) is 71.2 Å². The van der Waals surface area contributed by atoms with Crippen LogP contribution in [0.3, 0.4) is 0 Å². The largest absolute Gasteiger partial charge is 0.769 e. The van der Waals surface area contributed by atoms with Gasteiger partial charge < -0.3 is 23.3 Å². The number of alkyl halides is 1. The third-order valence-electron chi connectivity index (χ3n) is 9.95. The van der Waals surface area contributed by atoms with Gasteiger partial charge in [0.15, 0.2) is 37.3 Å². The molecule has 0 aliphatic heterocycles. The first-order valence-corrected chi connectivity index (χ1v) is 35.2. The molecule has 0 unspecified atom stereocenters. The monoisotopic (exact) mass is 1360 g/mol. The molecule has 0 saturated heterocycles. The third kappa shape index (κ3) is 20.3. The van der Waals surface area contributed by atoms with Crippen molar-refractivity contribution in [3.8, 4) is 0 Å². The Balaban J connectivity index is 0.000000540. The molecule has 0 atom stereocenters. The van der Waals surface area contributed by atoms with Crippen LogP contribution in [0, 0.1) is 4.77 Å². The van der Waals surface area contributed by atoms with Crippen LogP contribution in [0.15, 0.2) is 111 Å². The quantitative estimate of drug-likeness (QED) is 0.0416. The molecule has 0 saturated carbocycles. The number of nitrogens with one attached hydrogen (secondary N) is 4. The number of H-pyrrole nitrogens is 4. The van der Waals surface area contributed by atoms with Crippen LogP contribution >= 0.6 is 99.0 Å². The fourth-order valence-electron chi connectivity index (χ4n) is 6.64. The summed E-state index contributed by atoms with van der Waals surface area (Å²) in [5.74, 6) is 0. The Morgan fingerprint density at radius 2 is 0.937 bits per heavy atom. The minimum Gasteiger partial charge on any atom is -0.769 e. The molecule has 9 rings (SSSR count). The first kappa shape index (κ1) is 72.4. The van der Waals surface area contributed by atoms with Crippen molar-refractivity contribution >= 4 is 196 Å². The normalized spacial score (nSPS) is 10.7. The fraction of sp³-hybridized carbons (Fsp3) is 0.175. The molecular formula is C40H38BrCl5FN12Na3O13S4. The average molecular weight is 1370 g/mol. The summed E-state index contributed by atoms with van der Waals surface area (Å²) in [5.41, 5.74) is 0.536. The number of nitrogens with zero attached hydrogens (tertiary/aromatic N) is 8. The predicted octanol–water partition coefficient (Wildman–Crippen LogP) is 0.516. The molecular weight excluding hydrogens is 1330 g/mol. The SMILES string of the molecule is Cn1c(=O)[nH]c(=O)c2c1[nH]c(=S)n2Cc1ccc(Cl)cc1.Cn1c(=O)[nH]c(=O)c2c1nc(Br)n2Cc1ccc(Cl)cc1.Cn1c(=O)[nH]c(=O)c2c1nc(S(=O)(=O)Cl)n2Cc1ccc(Cl)cc1.O=S(=O)(O)O.S.[2H]CF.[Na+].[Na][Na].[O-]Cl. The van der Waals surface area contributed by atoms with Crippen LogP contribution in [0.5, 0.6) is 0 Å². The number of aromatic nitrogens is 12. The van der Waals surface area contributed by atoms with Crippen LogP contribution in [0.4, 0.5) is 4.39 Å². The molecule has 0 spiro atoms. The molecule has 3 aromatic carbocycles. The minimum absolute atomic E-state index is 0. The van der Waals surface area contributed by atoms with E-state index >= 15 is 0 Å². The number of imidazole rings is 3. The van der Waals surface area contributed by atoms with Gasteiger partial charge in [0.25, 0.3) is 25.7 Å². The van der Waals surface area contributed by atoms with Gasteiger partial charge in [-0.25, -0.2) is 39.7 Å². The predicted molar refractivity (Wildman–Crippen MR) is 306 cm³/mol. The van der Waals surface area contributed by atoms with E-state index in [4.69, 9.17) is 81.3 Å². The average Bonchev–Trinajstić information content (AvgIpc) is 4.04. The van der Waals surface area contributed by atoms with Crippen LogP contribution in [0.25, 0.3) is 33.5 Å². The van der Waals surface area contributed by atoms with Crippen molar-refractivity contribution in [1.29, 1.82) is 0 Å². The summed E-state index contributed by atoms with van der Waals surface area (Å²) in [6.45, 7) is 0.864. The van der Waals surface area contributed by atoms with E-state index in [1.165, 1.54) is 59.8 Å². The van der Waals surface area contributed by atoms with E-state index < -0.39 is 65.5 Å². The zero-order valence-corrected chi connectivity index (χ0v) is 56.4. The van der Waals surface area contributed by atoms with E-state index in [2.05, 4.69) is 57.7 Å². The standard InChI is InChI=1S/C13H10BrClN4O2.C13H10Cl2N4O4S.C13H11ClN4O2S.CH3F.ClO.3Na.H2O4S.H2S/c1-18-10-9(11(20)17-13(18)21)19(12(14)16-10)6-7-2-4-8(15)5-3-7;1-18-10-9(11(20)17-12(18)21)19(13(16-10)24(15,22)23)6-7-2-4-8(14)5-3-7;1-17-10-9(11(19)16-12(17)20)18(13(21)15-10)6-7-2-4-8(14)5-3-7;2*1-2;;;;1-5(2,3)4;/h2-5H,6H2,1H3,(H,17,20,21);2-5H,6H2,1H3,(H,17,20,21);2-5H,6H2,1H3,(H,15,21)(H,16,19,20);1H3;;;;;(H2,1,2,3,4);1H2/q;;;;-1;;;+1;;/i;;;1D;;;;;;. The van der Waals surface area contributed by atoms with Crippen LogP contribution in [0.1, 0.15) is 18.1 Å². The number of hydrogen-bond donors (Lipinski definition) is 6. The summed E-state index contributed by atoms with van der Waals surface area (Å²) >= 11 is 32.4. The molecule has 79 heavy (non-hydrogen) atoms. The van der Waals surface area contributed by atoms with Crippen LogP contribution in [-0.2, 0) is 60.2 Å². The molecule has 0 bridgehead atoms. The zero-order valence-electron chi connectivity index (χ0n) is 42.6. The minimum atomic E-state index is -4.67. The number of hydrogen-bond acceptors (Lipinski definition) is 14. The molecule has 0 aliphatic carbocycles. The van der Waals surface area contributed by atoms with E-state index in [1.807, 2.05) is 24.3 Å². The van der Waals surface area contributed by atoms with Gasteiger partial charge in [-0.05, 0) is 81.2 Å². The number of aromatic amines is 4. The van der Waals surface area contributed by atoms with E-state index in [9.17, 15) is 41.6 Å². The third-order valence-corrected chi connectivity index (χ3v) is 12.8. The number of benzene rings is 3. The summed E-state index contributed by atoms with van der Waals surface area (Å²) in [4.78, 5) is 88.9. The number of halogens is 7.